The van der Waals surface area contributed by atoms with E-state index in [1.54, 1.807) is 0 Å². The Bertz CT molecular complexity index is 1110. The second kappa shape index (κ2) is 9.52. The Kier molecular flexibility index (Phi) is 6.85. The van der Waals surface area contributed by atoms with Crippen molar-refractivity contribution >= 4 is 25.4 Å². The normalized spacial score (nSPS) is 25.7. The molecule has 1 saturated heterocycles. The molecule has 2 aliphatic rings. The number of anilines is 1. The molecule has 14 nitrogen and oxygen atoms in total. The number of rotatable bonds is 7. The largest absolute Gasteiger partial charge is 0.469 e. The van der Waals surface area contributed by atoms with Crippen LogP contribution in [0, 0.1) is 5.41 Å². The van der Waals surface area contributed by atoms with Crippen molar-refractivity contribution < 1.29 is 38.6 Å². The number of phosphoric ester groups is 1. The molecule has 2 aliphatic heterocycles. The highest BCUT2D eigenvalue weighted by molar-refractivity contribution is 7.46. The zero-order valence-electron chi connectivity index (χ0n) is 17.8. The average Bonchev–Trinajstić information content (AvgIpc) is 3.34. The molecule has 3 heterocycles. The van der Waals surface area contributed by atoms with E-state index in [4.69, 9.17) is 25.7 Å². The van der Waals surface area contributed by atoms with Crippen LogP contribution in [-0.4, -0.2) is 83.8 Å². The Morgan fingerprint density at radius 2 is 2.03 bits per heavy atom. The number of nitrogens with two attached hydrogens (primary N) is 1. The number of imidazole rings is 1. The molecule has 5 atom stereocenters. The third kappa shape index (κ3) is 4.89. The lowest BCUT2D eigenvalue weighted by atomic mass is 10.1. The maximum Gasteiger partial charge on any atom is 0.469 e. The standard InChI is InChI=1S/C19H25N6O8P/c20-11(6-10-4-2-1-3-5-10)18(28)24-9-23-17-13(16(24)21)22-8-25(17)19-15(27)14(26)12(33-19)7-32-34(29,30)31/h1-5,8,11-12,14-15,19,21,23,26-27H,6-7,9,20H2,(H2,29,30,31)/t11-,12+,14+,15+,19+/m0/s1. The van der Waals surface area contributed by atoms with Crippen molar-refractivity contribution in [2.75, 3.05) is 18.6 Å². The van der Waals surface area contributed by atoms with E-state index in [-0.39, 0.29) is 24.0 Å². The van der Waals surface area contributed by atoms with Crippen molar-refractivity contribution in [3.63, 3.8) is 0 Å². The molecule has 0 spiro atoms. The van der Waals surface area contributed by atoms with E-state index in [0.717, 1.165) is 10.5 Å². The van der Waals surface area contributed by atoms with E-state index in [0.29, 0.717) is 6.42 Å². The molecule has 1 aromatic heterocycles. The Morgan fingerprint density at radius 1 is 1.32 bits per heavy atom. The summed E-state index contributed by atoms with van der Waals surface area (Å²) in [4.78, 5) is 35.9. The number of aromatic nitrogens is 2. The lowest BCUT2D eigenvalue weighted by Gasteiger charge is -2.31. The second-order valence-corrected chi connectivity index (χ2v) is 9.17. The fourth-order valence-electron chi connectivity index (χ4n) is 3.87. The number of aliphatic hydroxyl groups is 2. The van der Waals surface area contributed by atoms with E-state index in [1.807, 2.05) is 30.3 Å². The highest BCUT2D eigenvalue weighted by Crippen LogP contribution is 2.39. The zero-order valence-corrected chi connectivity index (χ0v) is 18.7. The van der Waals surface area contributed by atoms with Gasteiger partial charge in [0.25, 0.3) is 0 Å². The SMILES string of the molecule is N=C1c2ncn([C@@H]3O[C@H](COP(=O)(O)O)[C@@H](O)[C@H]3O)c2NCN1C(=O)[C@@H](N)Cc1ccccc1. The van der Waals surface area contributed by atoms with Crippen molar-refractivity contribution in [3.05, 3.63) is 47.9 Å². The van der Waals surface area contributed by atoms with Crippen LogP contribution in [0.3, 0.4) is 0 Å². The number of hydrogen-bond acceptors (Lipinski definition) is 10. The summed E-state index contributed by atoms with van der Waals surface area (Å²) in [5.74, 6) is -0.405. The van der Waals surface area contributed by atoms with Gasteiger partial charge in [-0.05, 0) is 12.0 Å². The number of carbonyl (C=O) groups is 1. The second-order valence-electron chi connectivity index (χ2n) is 7.93. The first kappa shape index (κ1) is 24.4. The van der Waals surface area contributed by atoms with Crippen molar-refractivity contribution in [2.24, 2.45) is 5.73 Å². The van der Waals surface area contributed by atoms with Gasteiger partial charge in [-0.3, -0.25) is 24.2 Å². The topological polar surface area (TPSA) is 216 Å². The Hall–Kier alpha value is -2.68. The Morgan fingerprint density at radius 3 is 2.71 bits per heavy atom. The summed E-state index contributed by atoms with van der Waals surface area (Å²) in [5.41, 5.74) is 7.07. The molecule has 184 valence electrons. The van der Waals surface area contributed by atoms with Crippen LogP contribution in [-0.2, 0) is 25.0 Å². The highest BCUT2D eigenvalue weighted by atomic mass is 31.2. The predicted molar refractivity (Wildman–Crippen MR) is 116 cm³/mol. The van der Waals surface area contributed by atoms with Gasteiger partial charge in [-0.15, -0.1) is 0 Å². The van der Waals surface area contributed by atoms with Crippen molar-refractivity contribution in [1.29, 1.82) is 5.41 Å². The highest BCUT2D eigenvalue weighted by Gasteiger charge is 2.46. The number of amides is 1. The molecule has 2 aromatic rings. The van der Waals surface area contributed by atoms with Crippen LogP contribution in [0.25, 0.3) is 0 Å². The van der Waals surface area contributed by atoms with Gasteiger partial charge in [0, 0.05) is 0 Å². The molecule has 1 fully saturated rings. The van der Waals surface area contributed by atoms with Gasteiger partial charge < -0.3 is 35.8 Å². The summed E-state index contributed by atoms with van der Waals surface area (Å²) in [6, 6.07) is 8.37. The van der Waals surface area contributed by atoms with E-state index in [9.17, 15) is 19.6 Å². The zero-order chi connectivity index (χ0) is 24.6. The van der Waals surface area contributed by atoms with Crippen LogP contribution in [0.4, 0.5) is 5.82 Å². The molecule has 0 bridgehead atoms. The van der Waals surface area contributed by atoms with Gasteiger partial charge in [0.05, 0.1) is 25.6 Å². The first-order valence-electron chi connectivity index (χ1n) is 10.3. The molecule has 1 amide bonds. The van der Waals surface area contributed by atoms with Gasteiger partial charge in [0.2, 0.25) is 5.91 Å². The molecule has 0 radical (unpaired) electrons. The number of phosphoric acid groups is 1. The third-order valence-corrected chi connectivity index (χ3v) is 6.08. The van der Waals surface area contributed by atoms with Crippen LogP contribution in [0.1, 0.15) is 17.5 Å². The third-order valence-electron chi connectivity index (χ3n) is 5.59. The summed E-state index contributed by atoms with van der Waals surface area (Å²) in [5, 5.41) is 32.0. The monoisotopic (exact) mass is 496 g/mol. The van der Waals surface area contributed by atoms with Crippen LogP contribution in [0.15, 0.2) is 36.7 Å². The van der Waals surface area contributed by atoms with Gasteiger partial charge in [-0.2, -0.15) is 0 Å². The first-order chi connectivity index (χ1) is 16.1. The van der Waals surface area contributed by atoms with E-state index in [1.165, 1.54) is 10.9 Å². The van der Waals surface area contributed by atoms with E-state index >= 15 is 0 Å². The number of ether oxygens (including phenoxy) is 1. The summed E-state index contributed by atoms with van der Waals surface area (Å²) in [6.07, 6.45) is -3.81. The summed E-state index contributed by atoms with van der Waals surface area (Å²) in [7, 11) is -4.80. The van der Waals surface area contributed by atoms with Crippen LogP contribution >= 0.6 is 7.82 Å². The molecule has 8 N–H and O–H groups in total. The average molecular weight is 496 g/mol. The number of hydrogen-bond donors (Lipinski definition) is 7. The van der Waals surface area contributed by atoms with Crippen LogP contribution < -0.4 is 11.1 Å². The van der Waals surface area contributed by atoms with Gasteiger partial charge in [0.1, 0.15) is 29.8 Å². The van der Waals surface area contributed by atoms with Crippen LogP contribution in [0.2, 0.25) is 0 Å². The number of aliphatic hydroxyl groups excluding tert-OH is 2. The Labute approximate surface area is 193 Å². The first-order valence-corrected chi connectivity index (χ1v) is 11.8. The fraction of sp³-hybridized carbons (Fsp3) is 0.421. The Balaban J connectivity index is 1.47. The number of nitrogens with zero attached hydrogens (tertiary/aromatic N) is 3. The molecule has 1 aromatic carbocycles. The summed E-state index contributed by atoms with van der Waals surface area (Å²) in [6.45, 7) is -0.740. The van der Waals surface area contributed by atoms with Crippen molar-refractivity contribution in [3.8, 4) is 0 Å². The van der Waals surface area contributed by atoms with Crippen molar-refractivity contribution in [1.82, 2.24) is 14.5 Å². The smallest absolute Gasteiger partial charge is 0.387 e. The van der Waals surface area contributed by atoms with Gasteiger partial charge in [-0.1, -0.05) is 30.3 Å². The maximum atomic E-state index is 12.9. The lowest BCUT2D eigenvalue weighted by Crippen LogP contribution is -2.51. The summed E-state index contributed by atoms with van der Waals surface area (Å²) < 4.78 is 22.2. The lowest BCUT2D eigenvalue weighted by molar-refractivity contribution is -0.128. The summed E-state index contributed by atoms with van der Waals surface area (Å²) >= 11 is 0. The molecule has 4 rings (SSSR count). The molecular weight excluding hydrogens is 471 g/mol. The number of nitrogens with one attached hydrogen (secondary N) is 2. The number of amidine groups is 1. The maximum absolute atomic E-state index is 12.9. The molecule has 0 aliphatic carbocycles. The minimum atomic E-state index is -4.80. The van der Waals surface area contributed by atoms with Gasteiger partial charge >= 0.3 is 7.82 Å². The molecule has 0 saturated carbocycles. The number of carbonyl (C=O) groups excluding carboxylic acids is 1. The van der Waals surface area contributed by atoms with Gasteiger partial charge in [-0.25, -0.2) is 9.55 Å². The molecular formula is C19H25N6O8P. The fourth-order valence-corrected chi connectivity index (χ4v) is 4.22. The minimum absolute atomic E-state index is 0.0883. The molecule has 15 heteroatoms. The predicted octanol–water partition coefficient (Wildman–Crippen LogP) is -1.28. The van der Waals surface area contributed by atoms with Crippen LogP contribution in [0.5, 0.6) is 0 Å². The molecule has 34 heavy (non-hydrogen) atoms. The molecule has 0 unspecified atom stereocenters. The number of benzene rings is 1. The minimum Gasteiger partial charge on any atom is -0.387 e. The van der Waals surface area contributed by atoms with Gasteiger partial charge in [0.15, 0.2) is 12.1 Å². The van der Waals surface area contributed by atoms with E-state index in [2.05, 4.69) is 14.8 Å². The van der Waals surface area contributed by atoms with E-state index < -0.39 is 50.9 Å². The van der Waals surface area contributed by atoms with Crippen molar-refractivity contribution in [2.45, 2.75) is 37.0 Å². The quantitative estimate of drug-likeness (QED) is 0.224. The number of fused-ring (bicyclic) bond motifs is 1.